The fourth-order valence-corrected chi connectivity index (χ4v) is 2.83. The second-order valence-corrected chi connectivity index (χ2v) is 6.87. The van der Waals surface area contributed by atoms with Gasteiger partial charge >= 0.3 is 0 Å². The summed E-state index contributed by atoms with van der Waals surface area (Å²) in [6, 6.07) is 17.4. The van der Waals surface area contributed by atoms with Crippen molar-refractivity contribution < 1.29 is 9.13 Å². The smallest absolute Gasteiger partial charge is 0.124 e. The van der Waals surface area contributed by atoms with Crippen molar-refractivity contribution in [3.8, 4) is 5.75 Å². The van der Waals surface area contributed by atoms with Gasteiger partial charge in [0, 0.05) is 17.8 Å². The van der Waals surface area contributed by atoms with Crippen LogP contribution >= 0.6 is 34.8 Å². The van der Waals surface area contributed by atoms with Gasteiger partial charge < -0.3 is 10.1 Å². The van der Waals surface area contributed by atoms with Gasteiger partial charge in [0.2, 0.25) is 0 Å². The fraction of sp³-hybridized carbons (Fsp3) is 0.100. The Balaban J connectivity index is 1.55. The largest absolute Gasteiger partial charge is 0.489 e. The summed E-state index contributed by atoms with van der Waals surface area (Å²) in [5.74, 6) is 0.348. The Kier molecular flexibility index (Phi) is 6.25. The molecule has 0 radical (unpaired) electrons. The minimum Gasteiger partial charge on any atom is -0.489 e. The van der Waals surface area contributed by atoms with Gasteiger partial charge in [-0.2, -0.15) is 0 Å². The summed E-state index contributed by atoms with van der Waals surface area (Å²) in [5, 5.41) is 4.68. The molecular weight excluding hydrogens is 396 g/mol. The third kappa shape index (κ3) is 5.04. The molecule has 0 atom stereocenters. The van der Waals surface area contributed by atoms with Crippen molar-refractivity contribution in [2.75, 3.05) is 5.32 Å². The van der Waals surface area contributed by atoms with E-state index < -0.39 is 0 Å². The number of benzene rings is 3. The van der Waals surface area contributed by atoms with E-state index in [-0.39, 0.29) is 12.4 Å². The highest BCUT2D eigenvalue weighted by molar-refractivity contribution is 6.42. The topological polar surface area (TPSA) is 21.3 Å². The van der Waals surface area contributed by atoms with E-state index in [2.05, 4.69) is 5.32 Å². The molecule has 0 unspecified atom stereocenters. The van der Waals surface area contributed by atoms with Gasteiger partial charge in [-0.1, -0.05) is 53.0 Å². The number of halogens is 4. The molecule has 0 saturated carbocycles. The highest BCUT2D eigenvalue weighted by Gasteiger charge is 2.04. The summed E-state index contributed by atoms with van der Waals surface area (Å²) >= 11 is 17.9. The predicted molar refractivity (Wildman–Crippen MR) is 106 cm³/mol. The molecule has 0 aliphatic carbocycles. The van der Waals surface area contributed by atoms with Crippen LogP contribution in [0.1, 0.15) is 11.1 Å². The van der Waals surface area contributed by atoms with Crippen LogP contribution < -0.4 is 10.1 Å². The van der Waals surface area contributed by atoms with Crippen LogP contribution in [-0.4, -0.2) is 0 Å². The Morgan fingerprint density at radius 3 is 2.27 bits per heavy atom. The van der Waals surface area contributed by atoms with E-state index in [9.17, 15) is 4.39 Å². The van der Waals surface area contributed by atoms with Gasteiger partial charge in [0.15, 0.2) is 0 Å². The molecule has 0 heterocycles. The van der Waals surface area contributed by atoms with Crippen molar-refractivity contribution in [2.24, 2.45) is 0 Å². The zero-order valence-corrected chi connectivity index (χ0v) is 15.9. The Morgan fingerprint density at radius 1 is 0.808 bits per heavy atom. The predicted octanol–water partition coefficient (Wildman–Crippen LogP) is 6.98. The van der Waals surface area contributed by atoms with E-state index in [1.54, 1.807) is 18.2 Å². The molecule has 0 fully saturated rings. The molecule has 0 amide bonds. The molecule has 3 aromatic rings. The molecule has 26 heavy (non-hydrogen) atoms. The van der Waals surface area contributed by atoms with Crippen LogP contribution in [-0.2, 0) is 13.2 Å². The average Bonchev–Trinajstić information content (AvgIpc) is 2.63. The second-order valence-electron chi connectivity index (χ2n) is 5.65. The van der Waals surface area contributed by atoms with E-state index in [1.165, 1.54) is 12.1 Å². The lowest BCUT2D eigenvalue weighted by Gasteiger charge is -2.10. The molecule has 6 heteroatoms. The van der Waals surface area contributed by atoms with Crippen LogP contribution in [0.5, 0.6) is 5.75 Å². The lowest BCUT2D eigenvalue weighted by molar-refractivity contribution is 0.306. The Labute approximate surface area is 166 Å². The van der Waals surface area contributed by atoms with Crippen molar-refractivity contribution in [3.05, 3.63) is 92.7 Å². The van der Waals surface area contributed by atoms with Gasteiger partial charge in [0.1, 0.15) is 18.2 Å². The van der Waals surface area contributed by atoms with Gasteiger partial charge in [-0.3, -0.25) is 0 Å². The summed E-state index contributed by atoms with van der Waals surface area (Å²) < 4.78 is 18.7. The fourth-order valence-electron chi connectivity index (χ4n) is 2.31. The van der Waals surface area contributed by atoms with Crippen molar-refractivity contribution in [1.82, 2.24) is 0 Å². The molecular formula is C20H15Cl3FNO. The van der Waals surface area contributed by atoms with Gasteiger partial charge in [-0.25, -0.2) is 4.39 Å². The maximum atomic E-state index is 13.0. The van der Waals surface area contributed by atoms with Crippen LogP contribution in [0.25, 0.3) is 0 Å². The van der Waals surface area contributed by atoms with Crippen LogP contribution in [0, 0.1) is 5.82 Å². The van der Waals surface area contributed by atoms with Crippen molar-refractivity contribution in [3.63, 3.8) is 0 Å². The SMILES string of the molecule is Fc1ccc(COc2ccc(CNc3ccc(Cl)c(Cl)c3)cc2)c(Cl)c1. The number of ether oxygens (including phenoxy) is 1. The first-order chi connectivity index (χ1) is 12.5. The molecule has 2 nitrogen and oxygen atoms in total. The van der Waals surface area contributed by atoms with Gasteiger partial charge in [-0.05, 0) is 48.0 Å². The van der Waals surface area contributed by atoms with Crippen molar-refractivity contribution in [1.29, 1.82) is 0 Å². The lowest BCUT2D eigenvalue weighted by atomic mass is 10.2. The molecule has 3 aromatic carbocycles. The standard InChI is InChI=1S/C20H15Cl3FNO/c21-18-8-5-16(10-20(18)23)25-11-13-1-6-17(7-2-13)26-12-14-3-4-15(24)9-19(14)22/h1-10,25H,11-12H2. The van der Waals surface area contributed by atoms with Crippen LogP contribution in [0.4, 0.5) is 10.1 Å². The maximum Gasteiger partial charge on any atom is 0.124 e. The number of hydrogen-bond donors (Lipinski definition) is 1. The molecule has 0 aromatic heterocycles. The second kappa shape index (κ2) is 8.63. The summed E-state index contributed by atoms with van der Waals surface area (Å²) in [7, 11) is 0. The van der Waals surface area contributed by atoms with Crippen molar-refractivity contribution >= 4 is 40.5 Å². The first kappa shape index (κ1) is 18.8. The molecule has 0 aliphatic rings. The minimum atomic E-state index is -0.363. The van der Waals surface area contributed by atoms with E-state index in [0.717, 1.165) is 16.8 Å². The number of hydrogen-bond acceptors (Lipinski definition) is 2. The lowest BCUT2D eigenvalue weighted by Crippen LogP contribution is -2.00. The van der Waals surface area contributed by atoms with Crippen molar-refractivity contribution in [2.45, 2.75) is 13.2 Å². The highest BCUT2D eigenvalue weighted by Crippen LogP contribution is 2.25. The monoisotopic (exact) mass is 409 g/mol. The quantitative estimate of drug-likeness (QED) is 0.473. The number of nitrogens with one attached hydrogen (secondary N) is 1. The maximum absolute atomic E-state index is 13.0. The van der Waals surface area contributed by atoms with E-state index >= 15 is 0 Å². The molecule has 0 bridgehead atoms. The summed E-state index contributed by atoms with van der Waals surface area (Å²) in [6.45, 7) is 0.919. The molecule has 0 saturated heterocycles. The molecule has 0 spiro atoms. The first-order valence-electron chi connectivity index (χ1n) is 7.86. The molecule has 0 aliphatic heterocycles. The third-order valence-corrected chi connectivity index (χ3v) is 4.84. The molecule has 3 rings (SSSR count). The zero-order chi connectivity index (χ0) is 18.5. The van der Waals surface area contributed by atoms with Crippen LogP contribution in [0.3, 0.4) is 0 Å². The Hall–Kier alpha value is -1.94. The van der Waals surface area contributed by atoms with E-state index in [1.807, 2.05) is 30.3 Å². The van der Waals surface area contributed by atoms with E-state index in [4.69, 9.17) is 39.5 Å². The summed E-state index contributed by atoms with van der Waals surface area (Å²) in [4.78, 5) is 0. The third-order valence-electron chi connectivity index (χ3n) is 3.75. The normalized spacial score (nSPS) is 10.6. The van der Waals surface area contributed by atoms with Crippen LogP contribution in [0.2, 0.25) is 15.1 Å². The molecule has 134 valence electrons. The average molecular weight is 411 g/mol. The molecule has 1 N–H and O–H groups in total. The zero-order valence-electron chi connectivity index (χ0n) is 13.6. The first-order valence-corrected chi connectivity index (χ1v) is 8.99. The summed E-state index contributed by atoms with van der Waals surface area (Å²) in [6.07, 6.45) is 0. The number of rotatable bonds is 6. The van der Waals surface area contributed by atoms with Crippen LogP contribution in [0.15, 0.2) is 60.7 Å². The van der Waals surface area contributed by atoms with Gasteiger partial charge in [-0.15, -0.1) is 0 Å². The minimum absolute atomic E-state index is 0.278. The van der Waals surface area contributed by atoms with E-state index in [0.29, 0.717) is 27.4 Å². The Bertz CT molecular complexity index is 900. The van der Waals surface area contributed by atoms with Gasteiger partial charge in [0.05, 0.1) is 15.1 Å². The number of anilines is 1. The Morgan fingerprint density at radius 2 is 1.58 bits per heavy atom. The highest BCUT2D eigenvalue weighted by atomic mass is 35.5. The van der Waals surface area contributed by atoms with Gasteiger partial charge in [0.25, 0.3) is 0 Å². The summed E-state index contributed by atoms with van der Waals surface area (Å²) in [5.41, 5.74) is 2.72.